The Labute approximate surface area is 82.0 Å². The van der Waals surface area contributed by atoms with Crippen molar-refractivity contribution in [2.75, 3.05) is 19.0 Å². The molecule has 2 rings (SSSR count). The summed E-state index contributed by atoms with van der Waals surface area (Å²) in [6, 6.07) is 0. The van der Waals surface area contributed by atoms with Gasteiger partial charge >= 0.3 is 10.1 Å². The summed E-state index contributed by atoms with van der Waals surface area (Å²) in [7, 11) is -2.50. The minimum atomic E-state index is -3.64. The van der Waals surface area contributed by atoms with E-state index in [4.69, 9.17) is 0 Å². The lowest BCUT2D eigenvalue weighted by Gasteiger charge is -2.16. The molecule has 1 aliphatic rings. The molecule has 14 heavy (non-hydrogen) atoms. The Balaban J connectivity index is 2.50. The van der Waals surface area contributed by atoms with Crippen molar-refractivity contribution in [3.05, 3.63) is 6.20 Å². The SMILES string of the molecule is COS(=O)(=O)c1cnn2c1NCCC2. The standard InChI is InChI=1S/C7H11N3O3S/c1-13-14(11,12)6-5-9-10-4-2-3-8-7(6)10/h5,8H,2-4H2,1H3. The number of nitrogens with one attached hydrogen (secondary N) is 1. The lowest BCUT2D eigenvalue weighted by Crippen LogP contribution is -2.19. The third-order valence-corrected chi connectivity index (χ3v) is 3.41. The molecule has 0 saturated carbocycles. The summed E-state index contributed by atoms with van der Waals surface area (Å²) in [5.74, 6) is 0.526. The van der Waals surface area contributed by atoms with Crippen molar-refractivity contribution in [1.29, 1.82) is 0 Å². The topological polar surface area (TPSA) is 73.2 Å². The molecule has 0 saturated heterocycles. The summed E-state index contributed by atoms with van der Waals surface area (Å²) >= 11 is 0. The second-order valence-corrected chi connectivity index (χ2v) is 4.66. The van der Waals surface area contributed by atoms with Crippen LogP contribution in [-0.4, -0.2) is 31.9 Å². The number of rotatable bonds is 2. The molecule has 0 amide bonds. The van der Waals surface area contributed by atoms with Crippen LogP contribution in [0.25, 0.3) is 0 Å². The van der Waals surface area contributed by atoms with Crippen LogP contribution in [0.4, 0.5) is 5.82 Å². The van der Waals surface area contributed by atoms with Gasteiger partial charge < -0.3 is 5.32 Å². The highest BCUT2D eigenvalue weighted by Gasteiger charge is 2.24. The second kappa shape index (κ2) is 3.25. The van der Waals surface area contributed by atoms with Crippen molar-refractivity contribution < 1.29 is 12.6 Å². The van der Waals surface area contributed by atoms with E-state index in [1.807, 2.05) is 0 Å². The number of hydrogen-bond acceptors (Lipinski definition) is 5. The van der Waals surface area contributed by atoms with Gasteiger partial charge in [0.1, 0.15) is 5.82 Å². The van der Waals surface area contributed by atoms with Crippen LogP contribution in [0.15, 0.2) is 11.1 Å². The molecule has 6 nitrogen and oxygen atoms in total. The Bertz CT molecular complexity index is 437. The fourth-order valence-electron chi connectivity index (χ4n) is 1.42. The average molecular weight is 217 g/mol. The second-order valence-electron chi connectivity index (χ2n) is 2.98. The zero-order chi connectivity index (χ0) is 10.2. The molecule has 0 fully saturated rings. The quantitative estimate of drug-likeness (QED) is 0.708. The Morgan fingerprint density at radius 3 is 3.14 bits per heavy atom. The maximum atomic E-state index is 11.4. The molecule has 7 heteroatoms. The van der Waals surface area contributed by atoms with Crippen molar-refractivity contribution in [2.24, 2.45) is 0 Å². The molecule has 1 aromatic heterocycles. The monoisotopic (exact) mass is 217 g/mol. The van der Waals surface area contributed by atoms with E-state index in [0.717, 1.165) is 26.6 Å². The fourth-order valence-corrected chi connectivity index (χ4v) is 2.19. The number of aromatic nitrogens is 2. The molecule has 1 aromatic rings. The molecule has 0 spiro atoms. The van der Waals surface area contributed by atoms with Gasteiger partial charge in [0.25, 0.3) is 0 Å². The Morgan fingerprint density at radius 1 is 1.64 bits per heavy atom. The first-order chi connectivity index (χ1) is 6.65. The van der Waals surface area contributed by atoms with Gasteiger partial charge in [-0.25, -0.2) is 4.68 Å². The number of hydrogen-bond donors (Lipinski definition) is 1. The van der Waals surface area contributed by atoms with Gasteiger partial charge in [0.15, 0.2) is 4.90 Å². The Kier molecular flexibility index (Phi) is 2.20. The van der Waals surface area contributed by atoms with Crippen LogP contribution in [0.2, 0.25) is 0 Å². The van der Waals surface area contributed by atoms with Gasteiger partial charge in [-0.1, -0.05) is 0 Å². The van der Waals surface area contributed by atoms with Crippen LogP contribution in [-0.2, 0) is 20.8 Å². The van der Waals surface area contributed by atoms with E-state index in [1.165, 1.54) is 6.20 Å². The van der Waals surface area contributed by atoms with E-state index in [9.17, 15) is 8.42 Å². The van der Waals surface area contributed by atoms with Crippen molar-refractivity contribution in [2.45, 2.75) is 17.9 Å². The first kappa shape index (κ1) is 9.47. The van der Waals surface area contributed by atoms with E-state index in [1.54, 1.807) is 4.68 Å². The lowest BCUT2D eigenvalue weighted by atomic mass is 10.3. The van der Waals surface area contributed by atoms with Crippen molar-refractivity contribution in [1.82, 2.24) is 9.78 Å². The molecule has 0 unspecified atom stereocenters. The minimum absolute atomic E-state index is 0.111. The Hall–Kier alpha value is -1.08. The van der Waals surface area contributed by atoms with Crippen LogP contribution in [0.3, 0.4) is 0 Å². The van der Waals surface area contributed by atoms with Crippen LogP contribution in [0, 0.1) is 0 Å². The third kappa shape index (κ3) is 1.38. The predicted octanol–water partition coefficient (Wildman–Crippen LogP) is 0.0338. The summed E-state index contributed by atoms with van der Waals surface area (Å²) in [6.45, 7) is 1.50. The van der Waals surface area contributed by atoms with E-state index in [-0.39, 0.29) is 4.90 Å². The number of fused-ring (bicyclic) bond motifs is 1. The van der Waals surface area contributed by atoms with Gasteiger partial charge in [-0.05, 0) is 6.42 Å². The molecule has 0 aliphatic carbocycles. The van der Waals surface area contributed by atoms with Crippen LogP contribution >= 0.6 is 0 Å². The van der Waals surface area contributed by atoms with Crippen LogP contribution < -0.4 is 5.32 Å². The maximum absolute atomic E-state index is 11.4. The number of aryl methyl sites for hydroxylation is 1. The van der Waals surface area contributed by atoms with Crippen molar-refractivity contribution in [3.8, 4) is 0 Å². The van der Waals surface area contributed by atoms with Crippen LogP contribution in [0.1, 0.15) is 6.42 Å². The minimum Gasteiger partial charge on any atom is -0.369 e. The molecular weight excluding hydrogens is 206 g/mol. The van der Waals surface area contributed by atoms with Gasteiger partial charge in [-0.3, -0.25) is 4.18 Å². The molecule has 0 aromatic carbocycles. The predicted molar refractivity (Wildman–Crippen MR) is 49.5 cm³/mol. The molecule has 2 heterocycles. The summed E-state index contributed by atoms with van der Waals surface area (Å²) < 4.78 is 28.9. The van der Waals surface area contributed by atoms with Gasteiger partial charge in [0.2, 0.25) is 0 Å². The maximum Gasteiger partial charge on any atom is 0.302 e. The van der Waals surface area contributed by atoms with E-state index >= 15 is 0 Å². The number of anilines is 1. The molecule has 78 valence electrons. The summed E-state index contributed by atoms with van der Waals surface area (Å²) in [5, 5.41) is 6.96. The molecule has 0 bridgehead atoms. The van der Waals surface area contributed by atoms with Gasteiger partial charge in [-0.15, -0.1) is 0 Å². The van der Waals surface area contributed by atoms with Gasteiger partial charge in [-0.2, -0.15) is 13.5 Å². The summed E-state index contributed by atoms with van der Waals surface area (Å²) in [5.41, 5.74) is 0. The molecular formula is C7H11N3O3S. The zero-order valence-electron chi connectivity index (χ0n) is 7.73. The van der Waals surface area contributed by atoms with Crippen LogP contribution in [0.5, 0.6) is 0 Å². The smallest absolute Gasteiger partial charge is 0.302 e. The van der Waals surface area contributed by atoms with E-state index in [0.29, 0.717) is 5.82 Å². The van der Waals surface area contributed by atoms with Gasteiger partial charge in [0.05, 0.1) is 13.3 Å². The molecule has 1 aliphatic heterocycles. The summed E-state index contributed by atoms with van der Waals surface area (Å²) in [6.07, 6.45) is 2.26. The number of nitrogens with zero attached hydrogens (tertiary/aromatic N) is 2. The largest absolute Gasteiger partial charge is 0.369 e. The average Bonchev–Trinajstić information content (AvgIpc) is 2.61. The van der Waals surface area contributed by atoms with Crippen molar-refractivity contribution >= 4 is 15.9 Å². The highest BCUT2D eigenvalue weighted by atomic mass is 32.2. The molecule has 1 N–H and O–H groups in total. The van der Waals surface area contributed by atoms with E-state index < -0.39 is 10.1 Å². The van der Waals surface area contributed by atoms with Crippen molar-refractivity contribution in [3.63, 3.8) is 0 Å². The normalized spacial score (nSPS) is 16.1. The third-order valence-electron chi connectivity index (χ3n) is 2.13. The first-order valence-corrected chi connectivity index (χ1v) is 5.66. The first-order valence-electron chi connectivity index (χ1n) is 4.25. The van der Waals surface area contributed by atoms with E-state index in [2.05, 4.69) is 14.6 Å². The Morgan fingerprint density at radius 2 is 2.43 bits per heavy atom. The lowest BCUT2D eigenvalue weighted by molar-refractivity contribution is 0.398. The van der Waals surface area contributed by atoms with Gasteiger partial charge in [0, 0.05) is 13.1 Å². The molecule has 0 atom stereocenters. The highest BCUT2D eigenvalue weighted by molar-refractivity contribution is 7.86. The molecule has 0 radical (unpaired) electrons. The summed E-state index contributed by atoms with van der Waals surface area (Å²) in [4.78, 5) is 0.111. The fraction of sp³-hybridized carbons (Fsp3) is 0.571. The highest BCUT2D eigenvalue weighted by Crippen LogP contribution is 2.24. The zero-order valence-corrected chi connectivity index (χ0v) is 8.54.